The van der Waals surface area contributed by atoms with E-state index in [0.717, 1.165) is 12.1 Å². The van der Waals surface area contributed by atoms with E-state index in [0.29, 0.717) is 0 Å². The normalized spacial score (nSPS) is 13.5. The Hall–Kier alpha value is -2.66. The van der Waals surface area contributed by atoms with Crippen LogP contribution in [0.25, 0.3) is 10.8 Å². The number of amides is 1. The van der Waals surface area contributed by atoms with E-state index < -0.39 is 0 Å². The highest BCUT2D eigenvalue weighted by Crippen LogP contribution is 2.23. The average Bonchev–Trinajstić information content (AvgIpc) is 3.12. The van der Waals surface area contributed by atoms with E-state index in [1.54, 1.807) is 6.20 Å². The van der Waals surface area contributed by atoms with E-state index in [1.165, 1.54) is 10.8 Å². The molecule has 0 fully saturated rings. The molecule has 0 aliphatic heterocycles. The number of aromatic nitrogens is 2. The smallest absolute Gasteiger partial charge is 0.234 e. The van der Waals surface area contributed by atoms with Gasteiger partial charge in [0.15, 0.2) is 0 Å². The first-order chi connectivity index (χ1) is 12.1. The molecule has 1 aromatic heterocycles. The fourth-order valence-corrected chi connectivity index (χ4v) is 3.02. The van der Waals surface area contributed by atoms with Crippen LogP contribution in [0.4, 0.5) is 0 Å². The Morgan fingerprint density at radius 2 is 1.92 bits per heavy atom. The predicted octanol–water partition coefficient (Wildman–Crippen LogP) is 2.89. The number of nitrogens with zero attached hydrogens (tertiary/aromatic N) is 2. The maximum Gasteiger partial charge on any atom is 0.234 e. The number of hydrogen-bond acceptors (Lipinski definition) is 3. The summed E-state index contributed by atoms with van der Waals surface area (Å²) in [4.78, 5) is 12.3. The van der Waals surface area contributed by atoms with E-state index in [1.807, 2.05) is 49.0 Å². The molecule has 2 aromatic carbocycles. The zero-order valence-electron chi connectivity index (χ0n) is 14.6. The summed E-state index contributed by atoms with van der Waals surface area (Å²) < 4.78 is 1.86. The lowest BCUT2D eigenvalue weighted by Crippen LogP contribution is -2.40. The summed E-state index contributed by atoms with van der Waals surface area (Å²) in [7, 11) is 0. The lowest BCUT2D eigenvalue weighted by Gasteiger charge is -2.18. The molecule has 0 spiro atoms. The number of nitrogens with one attached hydrogen (secondary N) is 2. The van der Waals surface area contributed by atoms with Gasteiger partial charge in [-0.3, -0.25) is 9.48 Å². The highest BCUT2D eigenvalue weighted by atomic mass is 16.1. The second-order valence-electron chi connectivity index (χ2n) is 6.37. The Kier molecular flexibility index (Phi) is 5.46. The SMILES string of the molecule is C[C@H](Cn1cccn1)NCC(=O)N[C@H](C)c1cccc2ccccc12. The van der Waals surface area contributed by atoms with Gasteiger partial charge < -0.3 is 10.6 Å². The molecule has 0 aliphatic carbocycles. The van der Waals surface area contributed by atoms with E-state index in [4.69, 9.17) is 0 Å². The summed E-state index contributed by atoms with van der Waals surface area (Å²) in [5.41, 5.74) is 1.14. The maximum absolute atomic E-state index is 12.3. The molecule has 2 N–H and O–H groups in total. The van der Waals surface area contributed by atoms with Crippen molar-refractivity contribution in [3.8, 4) is 0 Å². The summed E-state index contributed by atoms with van der Waals surface area (Å²) in [5.74, 6) is -0.00671. The summed E-state index contributed by atoms with van der Waals surface area (Å²) in [6, 6.07) is 16.5. The summed E-state index contributed by atoms with van der Waals surface area (Å²) >= 11 is 0. The van der Waals surface area contributed by atoms with Gasteiger partial charge in [-0.2, -0.15) is 5.10 Å². The molecular weight excluding hydrogens is 312 g/mol. The number of fused-ring (bicyclic) bond motifs is 1. The summed E-state index contributed by atoms with van der Waals surface area (Å²) in [6.07, 6.45) is 3.67. The van der Waals surface area contributed by atoms with Crippen molar-refractivity contribution < 1.29 is 4.79 Å². The average molecular weight is 336 g/mol. The van der Waals surface area contributed by atoms with Crippen molar-refractivity contribution in [2.75, 3.05) is 6.54 Å². The molecule has 0 radical (unpaired) electrons. The summed E-state index contributed by atoms with van der Waals surface area (Å²) in [5, 5.41) is 12.9. The van der Waals surface area contributed by atoms with Gasteiger partial charge in [0.05, 0.1) is 19.1 Å². The van der Waals surface area contributed by atoms with Crippen LogP contribution in [0.5, 0.6) is 0 Å². The van der Waals surface area contributed by atoms with Crippen LogP contribution in [0, 0.1) is 0 Å². The lowest BCUT2D eigenvalue weighted by atomic mass is 10.00. The van der Waals surface area contributed by atoms with Gasteiger partial charge in [0, 0.05) is 18.4 Å². The second kappa shape index (κ2) is 7.94. The molecule has 0 unspecified atom stereocenters. The molecule has 0 aliphatic rings. The Bertz CT molecular complexity index is 823. The molecule has 5 nitrogen and oxygen atoms in total. The minimum Gasteiger partial charge on any atom is -0.348 e. The number of benzene rings is 2. The van der Waals surface area contributed by atoms with Gasteiger partial charge in [-0.1, -0.05) is 42.5 Å². The minimum absolute atomic E-state index is 0.00671. The van der Waals surface area contributed by atoms with Crippen LogP contribution in [0.1, 0.15) is 25.5 Å². The fourth-order valence-electron chi connectivity index (χ4n) is 3.02. The second-order valence-corrected chi connectivity index (χ2v) is 6.37. The van der Waals surface area contributed by atoms with Crippen molar-refractivity contribution in [1.82, 2.24) is 20.4 Å². The Morgan fingerprint density at radius 3 is 2.72 bits per heavy atom. The number of rotatable bonds is 7. The quantitative estimate of drug-likeness (QED) is 0.697. The topological polar surface area (TPSA) is 59.0 Å². The van der Waals surface area contributed by atoms with Crippen molar-refractivity contribution in [2.45, 2.75) is 32.5 Å². The molecule has 0 saturated heterocycles. The lowest BCUT2D eigenvalue weighted by molar-refractivity contribution is -0.121. The van der Waals surface area contributed by atoms with Crippen molar-refractivity contribution in [3.05, 3.63) is 66.5 Å². The minimum atomic E-state index is -0.0400. The van der Waals surface area contributed by atoms with Gasteiger partial charge in [0.25, 0.3) is 0 Å². The zero-order valence-corrected chi connectivity index (χ0v) is 14.6. The third kappa shape index (κ3) is 4.45. The van der Waals surface area contributed by atoms with Gasteiger partial charge in [0.1, 0.15) is 0 Å². The van der Waals surface area contributed by atoms with E-state index in [2.05, 4.69) is 40.0 Å². The first kappa shape index (κ1) is 17.2. The van der Waals surface area contributed by atoms with Crippen LogP contribution >= 0.6 is 0 Å². The molecule has 5 heteroatoms. The van der Waals surface area contributed by atoms with Gasteiger partial charge in [-0.15, -0.1) is 0 Å². The summed E-state index contributed by atoms with van der Waals surface area (Å²) in [6.45, 7) is 5.09. The molecule has 25 heavy (non-hydrogen) atoms. The fraction of sp³-hybridized carbons (Fsp3) is 0.300. The molecule has 1 amide bonds. The van der Waals surface area contributed by atoms with Crippen LogP contribution in [-0.2, 0) is 11.3 Å². The molecule has 1 heterocycles. The Labute approximate surface area is 148 Å². The molecule has 2 atom stereocenters. The van der Waals surface area contributed by atoms with Crippen LogP contribution < -0.4 is 10.6 Å². The largest absolute Gasteiger partial charge is 0.348 e. The van der Waals surface area contributed by atoms with Crippen LogP contribution in [-0.4, -0.2) is 28.3 Å². The van der Waals surface area contributed by atoms with Gasteiger partial charge >= 0.3 is 0 Å². The standard InChI is InChI=1S/C20H24N4O/c1-15(14-24-12-6-11-22-24)21-13-20(25)23-16(2)18-10-5-8-17-7-3-4-9-19(17)18/h3-12,15-16,21H,13-14H2,1-2H3,(H,23,25)/t15-,16-/m1/s1. The predicted molar refractivity (Wildman–Crippen MR) is 100 cm³/mol. The molecule has 3 rings (SSSR count). The number of carbonyl (C=O) groups is 1. The third-order valence-corrected chi connectivity index (χ3v) is 4.30. The molecule has 0 saturated carbocycles. The molecular formula is C20H24N4O. The van der Waals surface area contributed by atoms with Crippen molar-refractivity contribution in [1.29, 1.82) is 0 Å². The Morgan fingerprint density at radius 1 is 1.12 bits per heavy atom. The highest BCUT2D eigenvalue weighted by Gasteiger charge is 2.13. The van der Waals surface area contributed by atoms with Crippen LogP contribution in [0.3, 0.4) is 0 Å². The van der Waals surface area contributed by atoms with E-state index >= 15 is 0 Å². The van der Waals surface area contributed by atoms with Gasteiger partial charge in [-0.25, -0.2) is 0 Å². The van der Waals surface area contributed by atoms with Crippen LogP contribution in [0.2, 0.25) is 0 Å². The van der Waals surface area contributed by atoms with Crippen molar-refractivity contribution in [2.24, 2.45) is 0 Å². The van der Waals surface area contributed by atoms with Gasteiger partial charge in [-0.05, 0) is 36.2 Å². The first-order valence-corrected chi connectivity index (χ1v) is 8.61. The molecule has 3 aromatic rings. The van der Waals surface area contributed by atoms with Crippen LogP contribution in [0.15, 0.2) is 60.9 Å². The highest BCUT2D eigenvalue weighted by molar-refractivity contribution is 5.87. The number of carbonyl (C=O) groups excluding carboxylic acids is 1. The zero-order chi connectivity index (χ0) is 17.6. The van der Waals surface area contributed by atoms with Crippen molar-refractivity contribution >= 4 is 16.7 Å². The third-order valence-electron chi connectivity index (χ3n) is 4.30. The number of hydrogen-bond donors (Lipinski definition) is 2. The van der Waals surface area contributed by atoms with E-state index in [9.17, 15) is 4.79 Å². The maximum atomic E-state index is 12.3. The molecule has 0 bridgehead atoms. The van der Waals surface area contributed by atoms with Gasteiger partial charge in [0.2, 0.25) is 5.91 Å². The molecule has 130 valence electrons. The van der Waals surface area contributed by atoms with Crippen molar-refractivity contribution in [3.63, 3.8) is 0 Å². The monoisotopic (exact) mass is 336 g/mol. The van der Waals surface area contributed by atoms with E-state index in [-0.39, 0.29) is 24.5 Å². The Balaban J connectivity index is 1.55. The first-order valence-electron chi connectivity index (χ1n) is 8.61.